The van der Waals surface area contributed by atoms with Crippen LogP contribution in [0.5, 0.6) is 0 Å². The number of hydrogen-bond acceptors (Lipinski definition) is 4. The van der Waals surface area contributed by atoms with Crippen molar-refractivity contribution >= 4 is 26.0 Å². The summed E-state index contributed by atoms with van der Waals surface area (Å²) in [4.78, 5) is -0.383. The molecule has 2 rings (SSSR count). The number of nitrogens with one attached hydrogen (secondary N) is 1. The summed E-state index contributed by atoms with van der Waals surface area (Å²) < 4.78 is 46.5. The van der Waals surface area contributed by atoms with Gasteiger partial charge in [-0.3, -0.25) is 0 Å². The van der Waals surface area contributed by atoms with Crippen molar-refractivity contribution in [2.45, 2.75) is 17.9 Å². The van der Waals surface area contributed by atoms with Gasteiger partial charge in [-0.2, -0.15) is 0 Å². The Labute approximate surface area is 125 Å². The fourth-order valence-electron chi connectivity index (χ4n) is 2.01. The van der Waals surface area contributed by atoms with Crippen molar-refractivity contribution in [2.75, 3.05) is 19.8 Å². The Morgan fingerprint density at radius 2 is 2.25 bits per heavy atom. The molecular formula is C12H16BrFN2O3S. The smallest absolute Gasteiger partial charge is 0.243 e. The minimum absolute atomic E-state index is 0.0652. The van der Waals surface area contributed by atoms with Crippen LogP contribution in [0.25, 0.3) is 0 Å². The van der Waals surface area contributed by atoms with E-state index in [9.17, 15) is 12.8 Å². The van der Waals surface area contributed by atoms with Crippen molar-refractivity contribution in [1.29, 1.82) is 0 Å². The van der Waals surface area contributed by atoms with Crippen molar-refractivity contribution in [1.82, 2.24) is 4.72 Å². The first-order chi connectivity index (χ1) is 9.44. The van der Waals surface area contributed by atoms with Crippen LogP contribution in [0, 0.1) is 11.7 Å². The molecular weight excluding hydrogens is 351 g/mol. The molecule has 0 bridgehead atoms. The maximum absolute atomic E-state index is 14.1. The Hall–Kier alpha value is -0.540. The van der Waals surface area contributed by atoms with E-state index in [1.165, 1.54) is 12.1 Å². The predicted molar refractivity (Wildman–Crippen MR) is 76.1 cm³/mol. The topological polar surface area (TPSA) is 81.4 Å². The molecule has 0 radical (unpaired) electrons. The molecule has 20 heavy (non-hydrogen) atoms. The third-order valence-electron chi connectivity index (χ3n) is 3.17. The van der Waals surface area contributed by atoms with Crippen LogP contribution in [0.4, 0.5) is 4.39 Å². The molecule has 0 spiro atoms. The number of hydrogen-bond donors (Lipinski definition) is 2. The van der Waals surface area contributed by atoms with Crippen molar-refractivity contribution < 1.29 is 17.5 Å². The highest BCUT2D eigenvalue weighted by molar-refractivity contribution is 9.10. The summed E-state index contributed by atoms with van der Waals surface area (Å²) in [7, 11) is -3.90. The summed E-state index contributed by atoms with van der Waals surface area (Å²) in [6.07, 6.45) is 0.803. The molecule has 1 heterocycles. The predicted octanol–water partition coefficient (Wildman–Crippen LogP) is 1.36. The fraction of sp³-hybridized carbons (Fsp3) is 0.500. The Morgan fingerprint density at radius 3 is 2.85 bits per heavy atom. The van der Waals surface area contributed by atoms with Crippen LogP contribution in [0.1, 0.15) is 12.0 Å². The Kier molecular flexibility index (Phi) is 5.14. The van der Waals surface area contributed by atoms with Crippen LogP contribution in [-0.4, -0.2) is 28.2 Å². The van der Waals surface area contributed by atoms with Gasteiger partial charge in [-0.05, 0) is 24.5 Å². The monoisotopic (exact) mass is 366 g/mol. The van der Waals surface area contributed by atoms with Crippen LogP contribution < -0.4 is 10.5 Å². The van der Waals surface area contributed by atoms with Gasteiger partial charge in [-0.1, -0.05) is 15.9 Å². The Balaban J connectivity index is 2.22. The van der Waals surface area contributed by atoms with Gasteiger partial charge in [0.1, 0.15) is 10.7 Å². The highest BCUT2D eigenvalue weighted by atomic mass is 79.9. The van der Waals surface area contributed by atoms with Gasteiger partial charge in [-0.15, -0.1) is 0 Å². The number of benzene rings is 1. The number of nitrogens with two attached hydrogens (primary N) is 1. The van der Waals surface area contributed by atoms with Crippen LogP contribution in [0.3, 0.4) is 0 Å². The summed E-state index contributed by atoms with van der Waals surface area (Å²) in [5.41, 5.74) is 5.57. The van der Waals surface area contributed by atoms with E-state index >= 15 is 0 Å². The Morgan fingerprint density at radius 1 is 1.50 bits per heavy atom. The number of rotatable bonds is 5. The van der Waals surface area contributed by atoms with Crippen molar-refractivity contribution in [2.24, 2.45) is 11.7 Å². The first-order valence-corrected chi connectivity index (χ1v) is 8.47. The standard InChI is InChI=1S/C12H16BrFN2O3S/c13-10-3-9(5-15)12(14)11(4-10)20(17,18)16-6-8-1-2-19-7-8/h3-4,8,16H,1-2,5-7,15H2. The van der Waals surface area contributed by atoms with Gasteiger partial charge >= 0.3 is 0 Å². The number of sulfonamides is 1. The van der Waals surface area contributed by atoms with Crippen LogP contribution in [0.2, 0.25) is 0 Å². The largest absolute Gasteiger partial charge is 0.381 e. The molecule has 0 saturated carbocycles. The molecule has 3 N–H and O–H groups in total. The lowest BCUT2D eigenvalue weighted by atomic mass is 10.1. The molecule has 112 valence electrons. The lowest BCUT2D eigenvalue weighted by molar-refractivity contribution is 0.186. The first-order valence-electron chi connectivity index (χ1n) is 6.19. The zero-order chi connectivity index (χ0) is 14.8. The second-order valence-corrected chi connectivity index (χ2v) is 7.31. The second kappa shape index (κ2) is 6.48. The fourth-order valence-corrected chi connectivity index (χ4v) is 3.93. The third-order valence-corrected chi connectivity index (χ3v) is 5.06. The molecule has 5 nitrogen and oxygen atoms in total. The molecule has 0 amide bonds. The minimum atomic E-state index is -3.90. The number of halogens is 2. The van der Waals surface area contributed by atoms with Gasteiger partial charge in [0.15, 0.2) is 0 Å². The molecule has 1 atom stereocenters. The van der Waals surface area contributed by atoms with E-state index in [0.717, 1.165) is 6.42 Å². The van der Waals surface area contributed by atoms with Gasteiger partial charge in [0.25, 0.3) is 0 Å². The van der Waals surface area contributed by atoms with Crippen LogP contribution in [-0.2, 0) is 21.3 Å². The molecule has 1 aromatic rings. The lowest BCUT2D eigenvalue weighted by Crippen LogP contribution is -2.30. The maximum Gasteiger partial charge on any atom is 0.243 e. The molecule has 1 aliphatic heterocycles. The normalized spacial score (nSPS) is 19.4. The summed E-state index contributed by atoms with van der Waals surface area (Å²) in [5, 5.41) is 0. The van der Waals surface area contributed by atoms with Gasteiger partial charge in [0.2, 0.25) is 10.0 Å². The van der Waals surface area contributed by atoms with Gasteiger partial charge in [0.05, 0.1) is 6.61 Å². The summed E-state index contributed by atoms with van der Waals surface area (Å²) in [5.74, 6) is -0.667. The zero-order valence-corrected chi connectivity index (χ0v) is 13.1. The summed E-state index contributed by atoms with van der Waals surface area (Å²) in [6, 6.07) is 2.71. The molecule has 1 aliphatic rings. The van der Waals surface area contributed by atoms with E-state index in [1.807, 2.05) is 0 Å². The first kappa shape index (κ1) is 15.8. The maximum atomic E-state index is 14.1. The molecule has 0 aromatic heterocycles. The minimum Gasteiger partial charge on any atom is -0.381 e. The van der Waals surface area contributed by atoms with E-state index in [1.54, 1.807) is 0 Å². The van der Waals surface area contributed by atoms with Crippen molar-refractivity contribution in [3.63, 3.8) is 0 Å². The summed E-state index contributed by atoms with van der Waals surface area (Å²) >= 11 is 3.16. The Bertz CT molecular complexity index is 589. The van der Waals surface area contributed by atoms with Crippen molar-refractivity contribution in [3.05, 3.63) is 28.0 Å². The summed E-state index contributed by atoms with van der Waals surface area (Å²) in [6.45, 7) is 1.34. The zero-order valence-electron chi connectivity index (χ0n) is 10.7. The van der Waals surface area contributed by atoms with Crippen LogP contribution in [0.15, 0.2) is 21.5 Å². The average Bonchev–Trinajstić information content (AvgIpc) is 2.92. The molecule has 0 aliphatic carbocycles. The highest BCUT2D eigenvalue weighted by Gasteiger charge is 2.24. The SMILES string of the molecule is NCc1cc(Br)cc(S(=O)(=O)NCC2CCOC2)c1F. The molecule has 1 fully saturated rings. The molecule has 1 unspecified atom stereocenters. The lowest BCUT2D eigenvalue weighted by Gasteiger charge is -2.12. The number of ether oxygens (including phenoxy) is 1. The van der Waals surface area contributed by atoms with Gasteiger partial charge in [0, 0.05) is 29.7 Å². The second-order valence-electron chi connectivity index (χ2n) is 4.66. The van der Waals surface area contributed by atoms with E-state index in [0.29, 0.717) is 17.7 Å². The van der Waals surface area contributed by atoms with E-state index in [2.05, 4.69) is 20.7 Å². The average molecular weight is 367 g/mol. The van der Waals surface area contributed by atoms with Gasteiger partial charge in [-0.25, -0.2) is 17.5 Å². The van der Waals surface area contributed by atoms with E-state index in [4.69, 9.17) is 10.5 Å². The van der Waals surface area contributed by atoms with Crippen LogP contribution >= 0.6 is 15.9 Å². The third kappa shape index (κ3) is 3.56. The quantitative estimate of drug-likeness (QED) is 0.824. The molecule has 8 heteroatoms. The van der Waals surface area contributed by atoms with Gasteiger partial charge < -0.3 is 10.5 Å². The molecule has 1 aromatic carbocycles. The van der Waals surface area contributed by atoms with E-state index < -0.39 is 15.8 Å². The van der Waals surface area contributed by atoms with Crippen molar-refractivity contribution in [3.8, 4) is 0 Å². The molecule has 1 saturated heterocycles. The highest BCUT2D eigenvalue weighted by Crippen LogP contribution is 2.24. The van der Waals surface area contributed by atoms with E-state index in [-0.39, 0.29) is 29.5 Å².